The zero-order valence-electron chi connectivity index (χ0n) is 20.5. The minimum atomic E-state index is -0.877. The lowest BCUT2D eigenvalue weighted by Crippen LogP contribution is -2.51. The molecule has 14 heteroatoms. The number of carbonyl (C=O) groups is 1. The molecule has 0 bridgehead atoms. The number of pyridine rings is 1. The van der Waals surface area contributed by atoms with Gasteiger partial charge in [-0.05, 0) is 44.0 Å². The summed E-state index contributed by atoms with van der Waals surface area (Å²) in [7, 11) is 0. The first-order valence-electron chi connectivity index (χ1n) is 11.6. The van der Waals surface area contributed by atoms with Crippen LogP contribution >= 0.6 is 23.4 Å². The lowest BCUT2D eigenvalue weighted by Gasteiger charge is -2.37. The Bertz CT molecular complexity index is 1510. The van der Waals surface area contributed by atoms with E-state index < -0.39 is 22.9 Å². The molecule has 1 amide bonds. The number of likely N-dealkylation sites (tertiary alicyclic amines) is 1. The molecule has 0 atom stereocenters. The van der Waals surface area contributed by atoms with Crippen LogP contribution in [0.25, 0.3) is 5.65 Å². The number of nitrogens with two attached hydrogens (primary N) is 4. The molecule has 0 aliphatic carbocycles. The lowest BCUT2D eigenvalue weighted by atomic mass is 9.91. The standard InChI is InChI=1S/C24H28ClN9O3S/c1-24(29)8-11-33(12-9-24)23(28)32-18(26)19(27)38-14-6-4-5-13(17(14)25)30-20(35)16-21(36)31-15-7-2-3-10-34(15)22(16)37/h2-7,10,36H,8-9,11-12,26-27,29H2,1H3,(H2,28,32)(H,30,35)/b19-18+. The molecule has 2 aromatic heterocycles. The fourth-order valence-electron chi connectivity index (χ4n) is 3.81. The molecule has 0 unspecified atom stereocenters. The number of thioether (sulfide) groups is 1. The van der Waals surface area contributed by atoms with Gasteiger partial charge < -0.3 is 38.3 Å². The highest BCUT2D eigenvalue weighted by atomic mass is 35.5. The maximum absolute atomic E-state index is 12.9. The number of amides is 1. The van der Waals surface area contributed by atoms with Crippen LogP contribution in [0, 0.1) is 0 Å². The number of aliphatic imine (C=N–C) groups is 1. The van der Waals surface area contributed by atoms with E-state index in [9.17, 15) is 14.7 Å². The van der Waals surface area contributed by atoms with E-state index in [1.54, 1.807) is 24.3 Å². The Morgan fingerprint density at radius 1 is 1.18 bits per heavy atom. The fraction of sp³-hybridized carbons (Fsp3) is 0.250. The number of aromatic nitrogens is 2. The second-order valence-electron chi connectivity index (χ2n) is 9.08. The largest absolute Gasteiger partial charge is 0.493 e. The minimum absolute atomic E-state index is 0.0132. The summed E-state index contributed by atoms with van der Waals surface area (Å²) in [6, 6.07) is 9.63. The quantitative estimate of drug-likeness (QED) is 0.152. The second kappa shape index (κ2) is 10.8. The number of benzene rings is 1. The third-order valence-electron chi connectivity index (χ3n) is 6.09. The molecule has 200 valence electrons. The van der Waals surface area contributed by atoms with Gasteiger partial charge in [0.2, 0.25) is 5.88 Å². The van der Waals surface area contributed by atoms with Crippen molar-refractivity contribution in [1.82, 2.24) is 14.3 Å². The van der Waals surface area contributed by atoms with Gasteiger partial charge in [-0.15, -0.1) is 0 Å². The molecule has 1 aliphatic rings. The van der Waals surface area contributed by atoms with E-state index in [2.05, 4.69) is 15.3 Å². The zero-order chi connectivity index (χ0) is 27.6. The predicted octanol–water partition coefficient (Wildman–Crippen LogP) is 1.57. The molecular weight excluding hydrogens is 530 g/mol. The maximum atomic E-state index is 12.9. The molecule has 1 aliphatic heterocycles. The molecule has 1 fully saturated rings. The maximum Gasteiger partial charge on any atom is 0.274 e. The van der Waals surface area contributed by atoms with Crippen LogP contribution in [0.1, 0.15) is 30.1 Å². The average molecular weight is 558 g/mol. The molecular formula is C24H28ClN9O3S. The summed E-state index contributed by atoms with van der Waals surface area (Å²) in [6.07, 6.45) is 2.98. The summed E-state index contributed by atoms with van der Waals surface area (Å²) in [4.78, 5) is 36.2. The first-order chi connectivity index (χ1) is 18.0. The Labute approximate surface area is 227 Å². The number of carbonyl (C=O) groups excluding carboxylic acids is 1. The van der Waals surface area contributed by atoms with Gasteiger partial charge in [0.15, 0.2) is 17.3 Å². The van der Waals surface area contributed by atoms with E-state index in [1.165, 1.54) is 18.3 Å². The van der Waals surface area contributed by atoms with Crippen LogP contribution in [-0.4, -0.2) is 49.9 Å². The van der Waals surface area contributed by atoms with Crippen LogP contribution < -0.4 is 33.8 Å². The number of aromatic hydroxyl groups is 1. The zero-order valence-corrected chi connectivity index (χ0v) is 22.1. The first kappa shape index (κ1) is 27.1. The summed E-state index contributed by atoms with van der Waals surface area (Å²) in [5.41, 5.74) is 23.4. The van der Waals surface area contributed by atoms with E-state index in [4.69, 9.17) is 34.5 Å². The Balaban J connectivity index is 1.53. The Kier molecular flexibility index (Phi) is 7.71. The van der Waals surface area contributed by atoms with Crippen LogP contribution in [-0.2, 0) is 0 Å². The molecule has 10 N–H and O–H groups in total. The Morgan fingerprint density at radius 2 is 1.89 bits per heavy atom. The molecule has 1 saturated heterocycles. The number of fused-ring (bicyclic) bond motifs is 1. The summed E-state index contributed by atoms with van der Waals surface area (Å²) in [5, 5.41) is 13.1. The van der Waals surface area contributed by atoms with Gasteiger partial charge >= 0.3 is 0 Å². The van der Waals surface area contributed by atoms with Crippen molar-refractivity contribution in [1.29, 1.82) is 0 Å². The highest BCUT2D eigenvalue weighted by Crippen LogP contribution is 2.36. The van der Waals surface area contributed by atoms with E-state index in [1.807, 2.05) is 11.8 Å². The normalized spacial score (nSPS) is 16.3. The number of nitrogens with one attached hydrogen (secondary N) is 1. The fourth-order valence-corrected chi connectivity index (χ4v) is 4.84. The number of hydrogen-bond acceptors (Lipinski definition) is 9. The summed E-state index contributed by atoms with van der Waals surface area (Å²) < 4.78 is 1.15. The second-order valence-corrected chi connectivity index (χ2v) is 10.5. The van der Waals surface area contributed by atoms with Crippen LogP contribution in [0.5, 0.6) is 5.88 Å². The predicted molar refractivity (Wildman–Crippen MR) is 149 cm³/mol. The Hall–Kier alpha value is -3.94. The molecule has 0 radical (unpaired) electrons. The van der Waals surface area contributed by atoms with Gasteiger partial charge in [-0.1, -0.05) is 35.5 Å². The van der Waals surface area contributed by atoms with E-state index >= 15 is 0 Å². The Morgan fingerprint density at radius 3 is 2.61 bits per heavy atom. The molecule has 1 aromatic carbocycles. The van der Waals surface area contributed by atoms with Crippen molar-refractivity contribution in [3.8, 4) is 5.88 Å². The number of piperidine rings is 1. The smallest absolute Gasteiger partial charge is 0.274 e. The SMILES string of the molecule is CC1(N)CCN(/C(N)=N/C(N)=C(\N)Sc2cccc(NC(=O)c3c(O)nc4ccccn4c3=O)c2Cl)CC1. The molecule has 38 heavy (non-hydrogen) atoms. The van der Waals surface area contributed by atoms with E-state index in [0.717, 1.165) is 29.0 Å². The van der Waals surface area contributed by atoms with Crippen LogP contribution in [0.4, 0.5) is 5.69 Å². The van der Waals surface area contributed by atoms with Crippen molar-refractivity contribution in [2.75, 3.05) is 18.4 Å². The summed E-state index contributed by atoms with van der Waals surface area (Å²) >= 11 is 7.55. The molecule has 12 nitrogen and oxygen atoms in total. The van der Waals surface area contributed by atoms with Gasteiger partial charge in [0.05, 0.1) is 10.7 Å². The van der Waals surface area contributed by atoms with Gasteiger partial charge in [-0.3, -0.25) is 14.0 Å². The van der Waals surface area contributed by atoms with Gasteiger partial charge in [0.25, 0.3) is 11.5 Å². The number of guanidine groups is 1. The number of rotatable bonds is 5. The minimum Gasteiger partial charge on any atom is -0.493 e. The van der Waals surface area contributed by atoms with Crippen molar-refractivity contribution < 1.29 is 9.90 Å². The van der Waals surface area contributed by atoms with Gasteiger partial charge in [-0.25, -0.2) is 0 Å². The number of anilines is 1. The topological polar surface area (TPSA) is 203 Å². The van der Waals surface area contributed by atoms with Crippen LogP contribution in [0.15, 0.2) is 68.1 Å². The third kappa shape index (κ3) is 5.79. The molecule has 3 heterocycles. The highest BCUT2D eigenvalue weighted by molar-refractivity contribution is 8.03. The third-order valence-corrected chi connectivity index (χ3v) is 7.60. The van der Waals surface area contributed by atoms with E-state index in [-0.39, 0.29) is 38.7 Å². The summed E-state index contributed by atoms with van der Waals surface area (Å²) in [6.45, 7) is 3.31. The van der Waals surface area contributed by atoms with E-state index in [0.29, 0.717) is 18.0 Å². The van der Waals surface area contributed by atoms with Crippen molar-refractivity contribution in [3.05, 3.63) is 74.4 Å². The average Bonchev–Trinajstić information content (AvgIpc) is 2.86. The van der Waals surface area contributed by atoms with Crippen molar-refractivity contribution in [3.63, 3.8) is 0 Å². The van der Waals surface area contributed by atoms with Crippen molar-refractivity contribution in [2.45, 2.75) is 30.2 Å². The van der Waals surface area contributed by atoms with Gasteiger partial charge in [0, 0.05) is 29.7 Å². The molecule has 3 aromatic rings. The van der Waals surface area contributed by atoms with Crippen molar-refractivity contribution in [2.24, 2.45) is 27.9 Å². The lowest BCUT2D eigenvalue weighted by molar-refractivity contribution is 0.102. The monoisotopic (exact) mass is 557 g/mol. The number of halogens is 1. The molecule has 0 saturated carbocycles. The summed E-state index contributed by atoms with van der Waals surface area (Å²) in [5.74, 6) is -1.32. The molecule has 4 rings (SSSR count). The van der Waals surface area contributed by atoms with Crippen molar-refractivity contribution >= 4 is 46.6 Å². The van der Waals surface area contributed by atoms with Gasteiger partial charge in [-0.2, -0.15) is 9.98 Å². The highest BCUT2D eigenvalue weighted by Gasteiger charge is 2.27. The van der Waals surface area contributed by atoms with Crippen LogP contribution in [0.2, 0.25) is 5.02 Å². The van der Waals surface area contributed by atoms with Crippen LogP contribution in [0.3, 0.4) is 0 Å². The molecule has 0 spiro atoms. The number of nitrogens with zero attached hydrogens (tertiary/aromatic N) is 4. The number of hydrogen-bond donors (Lipinski definition) is 6. The van der Waals surface area contributed by atoms with Gasteiger partial charge in [0.1, 0.15) is 10.7 Å². The first-order valence-corrected chi connectivity index (χ1v) is 12.8.